The Hall–Kier alpha value is -3.62. The second-order valence-corrected chi connectivity index (χ2v) is 7.80. The lowest BCUT2D eigenvalue weighted by atomic mass is 10.1. The number of fused-ring (bicyclic) bond motifs is 1. The van der Waals surface area contributed by atoms with Crippen LogP contribution in [0.1, 0.15) is 22.3 Å². The van der Waals surface area contributed by atoms with Crippen LogP contribution in [0.15, 0.2) is 42.5 Å². The second-order valence-electron chi connectivity index (χ2n) is 7.80. The number of ether oxygens (including phenoxy) is 2. The molecule has 9 nitrogen and oxygen atoms in total. The number of hydrogen-bond donors (Lipinski definition) is 0. The lowest BCUT2D eigenvalue weighted by Gasteiger charge is -2.40. The summed E-state index contributed by atoms with van der Waals surface area (Å²) >= 11 is 0. The van der Waals surface area contributed by atoms with Gasteiger partial charge in [0.2, 0.25) is 23.6 Å². The van der Waals surface area contributed by atoms with Crippen LogP contribution in [0.2, 0.25) is 0 Å². The van der Waals surface area contributed by atoms with E-state index in [0.717, 1.165) is 5.56 Å². The first-order chi connectivity index (χ1) is 15.5. The number of pyridine rings is 1. The van der Waals surface area contributed by atoms with E-state index in [-0.39, 0.29) is 42.3 Å². The number of benzene rings is 1. The van der Waals surface area contributed by atoms with E-state index in [9.17, 15) is 14.4 Å². The Morgan fingerprint density at radius 3 is 2.56 bits per heavy atom. The van der Waals surface area contributed by atoms with Crippen LogP contribution >= 0.6 is 0 Å². The molecule has 2 aliphatic rings. The van der Waals surface area contributed by atoms with Crippen LogP contribution in [0.3, 0.4) is 0 Å². The van der Waals surface area contributed by atoms with Gasteiger partial charge >= 0.3 is 0 Å². The van der Waals surface area contributed by atoms with Gasteiger partial charge in [-0.2, -0.15) is 4.98 Å². The molecule has 0 saturated carbocycles. The standard InChI is InChI=1S/C23H26N4O5/c1-31-19-10-9-17(21(24-19)32-2)22(29)25-11-6-12-27-18(14-25)23(30)26(15-20(27)28)13-16-7-4-3-5-8-16/h3-5,7-10,18H,6,11-15H2,1-2H3. The Labute approximate surface area is 186 Å². The molecular formula is C23H26N4O5. The summed E-state index contributed by atoms with van der Waals surface area (Å²) in [7, 11) is 2.92. The van der Waals surface area contributed by atoms with E-state index >= 15 is 0 Å². The third-order valence-electron chi connectivity index (χ3n) is 5.81. The van der Waals surface area contributed by atoms with Crippen LogP contribution in [-0.2, 0) is 16.1 Å². The number of aromatic nitrogens is 1. The predicted octanol–water partition coefficient (Wildman–Crippen LogP) is 1.18. The highest BCUT2D eigenvalue weighted by Gasteiger charge is 2.42. The molecule has 1 atom stereocenters. The van der Waals surface area contributed by atoms with Crippen LogP contribution in [0.5, 0.6) is 11.8 Å². The highest BCUT2D eigenvalue weighted by molar-refractivity contribution is 5.98. The number of methoxy groups -OCH3 is 2. The molecule has 9 heteroatoms. The summed E-state index contributed by atoms with van der Waals surface area (Å²) in [5.74, 6) is -0.0342. The third-order valence-corrected chi connectivity index (χ3v) is 5.81. The molecule has 2 fully saturated rings. The van der Waals surface area contributed by atoms with Crippen molar-refractivity contribution in [3.63, 3.8) is 0 Å². The molecule has 2 aromatic rings. The first-order valence-corrected chi connectivity index (χ1v) is 10.5. The van der Waals surface area contributed by atoms with Crippen molar-refractivity contribution in [1.29, 1.82) is 0 Å². The zero-order valence-electron chi connectivity index (χ0n) is 18.2. The molecule has 3 heterocycles. The van der Waals surface area contributed by atoms with Crippen molar-refractivity contribution in [3.05, 3.63) is 53.6 Å². The number of hydrogen-bond acceptors (Lipinski definition) is 6. The van der Waals surface area contributed by atoms with Crippen molar-refractivity contribution >= 4 is 17.7 Å². The lowest BCUT2D eigenvalue weighted by Crippen LogP contribution is -2.61. The minimum absolute atomic E-state index is 0.0500. The molecule has 2 saturated heterocycles. The zero-order valence-corrected chi connectivity index (χ0v) is 18.2. The zero-order chi connectivity index (χ0) is 22.7. The van der Waals surface area contributed by atoms with Crippen molar-refractivity contribution in [3.8, 4) is 11.8 Å². The van der Waals surface area contributed by atoms with E-state index in [4.69, 9.17) is 9.47 Å². The lowest BCUT2D eigenvalue weighted by molar-refractivity contribution is -0.156. The highest BCUT2D eigenvalue weighted by atomic mass is 16.5. The fourth-order valence-corrected chi connectivity index (χ4v) is 4.19. The molecule has 0 N–H and O–H groups in total. The van der Waals surface area contributed by atoms with E-state index in [2.05, 4.69) is 4.98 Å². The summed E-state index contributed by atoms with van der Waals surface area (Å²) in [6.07, 6.45) is 0.589. The van der Waals surface area contributed by atoms with Gasteiger partial charge in [0.05, 0.1) is 20.8 Å². The maximum Gasteiger partial charge on any atom is 0.259 e. The van der Waals surface area contributed by atoms with Gasteiger partial charge in [0.15, 0.2) is 0 Å². The predicted molar refractivity (Wildman–Crippen MR) is 115 cm³/mol. The van der Waals surface area contributed by atoms with Crippen LogP contribution in [0.4, 0.5) is 0 Å². The van der Waals surface area contributed by atoms with E-state index < -0.39 is 6.04 Å². The molecule has 1 aromatic carbocycles. The van der Waals surface area contributed by atoms with E-state index in [1.54, 1.807) is 26.8 Å². The molecule has 168 valence electrons. The molecule has 0 aliphatic carbocycles. The smallest absolute Gasteiger partial charge is 0.259 e. The second kappa shape index (κ2) is 9.25. The van der Waals surface area contributed by atoms with Gasteiger partial charge in [-0.1, -0.05) is 30.3 Å². The first kappa shape index (κ1) is 21.6. The van der Waals surface area contributed by atoms with Crippen LogP contribution in [0.25, 0.3) is 0 Å². The number of carbonyl (C=O) groups excluding carboxylic acids is 3. The van der Waals surface area contributed by atoms with Crippen LogP contribution in [-0.4, -0.2) is 83.8 Å². The average molecular weight is 438 g/mol. The molecule has 0 bridgehead atoms. The summed E-state index contributed by atoms with van der Waals surface area (Å²) in [6.45, 7) is 1.41. The normalized spacial score (nSPS) is 18.8. The molecule has 2 aliphatic heterocycles. The van der Waals surface area contributed by atoms with Gasteiger partial charge in [0.1, 0.15) is 18.2 Å². The Balaban J connectivity index is 1.56. The van der Waals surface area contributed by atoms with Gasteiger partial charge in [0.25, 0.3) is 5.91 Å². The molecule has 1 aromatic heterocycles. The SMILES string of the molecule is COc1ccc(C(=O)N2CCCN3C(=O)CN(Cc4ccccc4)C(=O)C3C2)c(OC)n1. The third kappa shape index (κ3) is 4.23. The molecule has 1 unspecified atom stereocenters. The summed E-state index contributed by atoms with van der Waals surface area (Å²) in [6, 6.07) is 12.1. The van der Waals surface area contributed by atoms with Crippen molar-refractivity contribution in [2.24, 2.45) is 0 Å². The van der Waals surface area contributed by atoms with Crippen molar-refractivity contribution in [2.45, 2.75) is 19.0 Å². The van der Waals surface area contributed by atoms with Gasteiger partial charge in [-0.05, 0) is 18.1 Å². The van der Waals surface area contributed by atoms with Gasteiger partial charge in [0, 0.05) is 25.7 Å². The minimum Gasteiger partial charge on any atom is -0.481 e. The topological polar surface area (TPSA) is 92.3 Å². The number of piperazine rings is 1. The first-order valence-electron chi connectivity index (χ1n) is 10.5. The van der Waals surface area contributed by atoms with Crippen molar-refractivity contribution < 1.29 is 23.9 Å². The summed E-state index contributed by atoms with van der Waals surface area (Å²) in [5, 5.41) is 0. The molecule has 0 spiro atoms. The fourth-order valence-electron chi connectivity index (χ4n) is 4.19. The monoisotopic (exact) mass is 438 g/mol. The van der Waals surface area contributed by atoms with Crippen LogP contribution < -0.4 is 9.47 Å². The maximum atomic E-state index is 13.3. The Bertz CT molecular complexity index is 1010. The number of amides is 3. The number of carbonyl (C=O) groups is 3. The van der Waals surface area contributed by atoms with Crippen LogP contribution in [0, 0.1) is 0 Å². The van der Waals surface area contributed by atoms with E-state index in [0.29, 0.717) is 31.9 Å². The van der Waals surface area contributed by atoms with Crippen molar-refractivity contribution in [1.82, 2.24) is 19.7 Å². The Morgan fingerprint density at radius 1 is 1.06 bits per heavy atom. The molecule has 0 radical (unpaired) electrons. The van der Waals surface area contributed by atoms with E-state index in [1.165, 1.54) is 14.2 Å². The highest BCUT2D eigenvalue weighted by Crippen LogP contribution is 2.25. The number of rotatable bonds is 5. The molecule has 3 amide bonds. The minimum atomic E-state index is -0.705. The average Bonchev–Trinajstić information content (AvgIpc) is 3.06. The Kier molecular flexibility index (Phi) is 6.25. The van der Waals surface area contributed by atoms with Crippen molar-refractivity contribution in [2.75, 3.05) is 40.4 Å². The largest absolute Gasteiger partial charge is 0.481 e. The maximum absolute atomic E-state index is 13.3. The quantitative estimate of drug-likeness (QED) is 0.696. The summed E-state index contributed by atoms with van der Waals surface area (Å²) < 4.78 is 10.4. The van der Waals surface area contributed by atoms with Gasteiger partial charge in [-0.3, -0.25) is 14.4 Å². The Morgan fingerprint density at radius 2 is 1.84 bits per heavy atom. The summed E-state index contributed by atoms with van der Waals surface area (Å²) in [5.41, 5.74) is 1.25. The fraction of sp³-hybridized carbons (Fsp3) is 0.391. The molecule has 4 rings (SSSR count). The number of nitrogens with zero attached hydrogens (tertiary/aromatic N) is 4. The van der Waals surface area contributed by atoms with Gasteiger partial charge in [-0.15, -0.1) is 0 Å². The molecule has 32 heavy (non-hydrogen) atoms. The van der Waals surface area contributed by atoms with Gasteiger partial charge in [-0.25, -0.2) is 0 Å². The molecular weight excluding hydrogens is 412 g/mol. The van der Waals surface area contributed by atoms with Gasteiger partial charge < -0.3 is 24.2 Å². The summed E-state index contributed by atoms with van der Waals surface area (Å²) in [4.78, 5) is 48.4. The van der Waals surface area contributed by atoms with E-state index in [1.807, 2.05) is 30.3 Å².